The fourth-order valence-corrected chi connectivity index (χ4v) is 1.26. The first-order valence-electron chi connectivity index (χ1n) is 4.06. The van der Waals surface area contributed by atoms with Gasteiger partial charge in [0.1, 0.15) is 0 Å². The molecule has 0 unspecified atom stereocenters. The summed E-state index contributed by atoms with van der Waals surface area (Å²) in [6.45, 7) is 2.21. The van der Waals surface area contributed by atoms with Crippen LogP contribution in [-0.2, 0) is 0 Å². The minimum atomic E-state index is 0.676. The van der Waals surface area contributed by atoms with Crippen molar-refractivity contribution >= 4 is 0 Å². The second-order valence-corrected chi connectivity index (χ2v) is 3.03. The van der Waals surface area contributed by atoms with E-state index in [9.17, 15) is 0 Å². The third-order valence-corrected chi connectivity index (χ3v) is 2.06. The van der Waals surface area contributed by atoms with Crippen LogP contribution < -0.4 is 0 Å². The van der Waals surface area contributed by atoms with Crippen LogP contribution in [0.25, 0.3) is 0 Å². The Balaban J connectivity index is 2.31. The molecule has 1 rings (SSSR count). The van der Waals surface area contributed by atoms with Gasteiger partial charge in [-0.25, -0.2) is 0 Å². The van der Waals surface area contributed by atoms with Gasteiger partial charge in [0.05, 0.1) is 6.07 Å². The smallest absolute Gasteiger partial charge is 0.0625 e. The van der Waals surface area contributed by atoms with E-state index in [2.05, 4.69) is 24.1 Å². The summed E-state index contributed by atoms with van der Waals surface area (Å²) in [5.41, 5.74) is 1.46. The van der Waals surface area contributed by atoms with Gasteiger partial charge in [-0.05, 0) is 19.9 Å². The van der Waals surface area contributed by atoms with Crippen molar-refractivity contribution in [3.63, 3.8) is 0 Å². The van der Waals surface area contributed by atoms with Crippen molar-refractivity contribution in [3.8, 4) is 6.07 Å². The highest BCUT2D eigenvalue weighted by Crippen LogP contribution is 2.13. The Morgan fingerprint density at radius 1 is 1.73 bits per heavy atom. The van der Waals surface area contributed by atoms with Gasteiger partial charge in [-0.1, -0.05) is 11.6 Å². The molecule has 0 N–H and O–H groups in total. The number of nitrogens with zero attached hydrogens (tertiary/aromatic N) is 2. The Labute approximate surface area is 68.1 Å². The molecule has 0 aromatic rings. The summed E-state index contributed by atoms with van der Waals surface area (Å²) in [6.07, 6.45) is 5.05. The minimum absolute atomic E-state index is 0.676. The molecule has 0 spiro atoms. The van der Waals surface area contributed by atoms with Gasteiger partial charge in [0.2, 0.25) is 0 Å². The zero-order chi connectivity index (χ0) is 8.10. The average Bonchev–Trinajstić information content (AvgIpc) is 2.04. The van der Waals surface area contributed by atoms with Crippen molar-refractivity contribution in [1.82, 2.24) is 4.90 Å². The summed E-state index contributed by atoms with van der Waals surface area (Å²) in [6, 6.07) is 2.17. The Bertz CT molecular complexity index is 188. The van der Waals surface area contributed by atoms with E-state index in [1.165, 1.54) is 5.57 Å². The molecule has 60 valence electrons. The van der Waals surface area contributed by atoms with Crippen molar-refractivity contribution in [2.75, 3.05) is 20.1 Å². The zero-order valence-corrected chi connectivity index (χ0v) is 7.01. The Hall–Kier alpha value is -0.810. The second kappa shape index (κ2) is 4.15. The molecule has 0 amide bonds. The molecule has 0 aromatic heterocycles. The Morgan fingerprint density at radius 2 is 2.55 bits per heavy atom. The number of hydrogen-bond acceptors (Lipinski definition) is 2. The maximum Gasteiger partial charge on any atom is 0.0625 e. The molecule has 1 heterocycles. The van der Waals surface area contributed by atoms with Gasteiger partial charge in [-0.15, -0.1) is 0 Å². The van der Waals surface area contributed by atoms with Crippen molar-refractivity contribution in [1.29, 1.82) is 5.26 Å². The molecule has 2 heteroatoms. The maximum absolute atomic E-state index is 8.36. The summed E-state index contributed by atoms with van der Waals surface area (Å²) < 4.78 is 0. The van der Waals surface area contributed by atoms with Crippen LogP contribution >= 0.6 is 0 Å². The van der Waals surface area contributed by atoms with Crippen LogP contribution in [0.5, 0.6) is 0 Å². The van der Waals surface area contributed by atoms with Crippen LogP contribution in [0.4, 0.5) is 0 Å². The summed E-state index contributed by atoms with van der Waals surface area (Å²) in [5.74, 6) is 0. The van der Waals surface area contributed by atoms with E-state index in [1.807, 2.05) is 0 Å². The minimum Gasteiger partial charge on any atom is -0.302 e. The first-order valence-corrected chi connectivity index (χ1v) is 4.06. The molecular formula is C9H14N2. The van der Waals surface area contributed by atoms with Gasteiger partial charge in [-0.3, -0.25) is 0 Å². The van der Waals surface area contributed by atoms with Crippen LogP contribution in [0.1, 0.15) is 19.3 Å². The first kappa shape index (κ1) is 8.29. The van der Waals surface area contributed by atoms with Crippen LogP contribution in [0.2, 0.25) is 0 Å². The lowest BCUT2D eigenvalue weighted by atomic mass is 10.0. The predicted molar refractivity (Wildman–Crippen MR) is 45.0 cm³/mol. The van der Waals surface area contributed by atoms with Gasteiger partial charge in [0.15, 0.2) is 0 Å². The first-order chi connectivity index (χ1) is 5.33. The summed E-state index contributed by atoms with van der Waals surface area (Å²) in [4.78, 5) is 2.29. The highest BCUT2D eigenvalue weighted by atomic mass is 15.1. The van der Waals surface area contributed by atoms with Crippen LogP contribution in [0.3, 0.4) is 0 Å². The maximum atomic E-state index is 8.36. The monoisotopic (exact) mass is 150 g/mol. The molecule has 0 bridgehead atoms. The Kier molecular flexibility index (Phi) is 3.13. The lowest BCUT2D eigenvalue weighted by molar-refractivity contribution is 0.356. The second-order valence-electron chi connectivity index (χ2n) is 3.03. The van der Waals surface area contributed by atoms with E-state index in [4.69, 9.17) is 5.26 Å². The predicted octanol–water partition coefficient (Wildman–Crippen LogP) is 1.55. The van der Waals surface area contributed by atoms with Crippen molar-refractivity contribution in [2.24, 2.45) is 0 Å². The third-order valence-electron chi connectivity index (χ3n) is 2.06. The third kappa shape index (κ3) is 2.73. The largest absolute Gasteiger partial charge is 0.302 e. The molecular weight excluding hydrogens is 136 g/mol. The molecule has 0 aromatic carbocycles. The number of rotatable bonds is 2. The fourth-order valence-electron chi connectivity index (χ4n) is 1.26. The molecule has 0 saturated heterocycles. The normalized spacial score (nSPS) is 19.1. The molecule has 1 aliphatic heterocycles. The quantitative estimate of drug-likeness (QED) is 0.558. The van der Waals surface area contributed by atoms with Gasteiger partial charge in [-0.2, -0.15) is 5.26 Å². The molecule has 2 nitrogen and oxygen atoms in total. The molecule has 0 fully saturated rings. The highest BCUT2D eigenvalue weighted by molar-refractivity contribution is 5.07. The van der Waals surface area contributed by atoms with E-state index in [0.717, 1.165) is 25.9 Å². The molecule has 0 radical (unpaired) electrons. The fraction of sp³-hybridized carbons (Fsp3) is 0.667. The molecule has 0 saturated carbocycles. The molecule has 11 heavy (non-hydrogen) atoms. The topological polar surface area (TPSA) is 27.0 Å². The standard InChI is InChI=1S/C9H14N2/c1-11-7-4-9(5-8-11)3-2-6-10/h4H,2-3,5,7-8H2,1H3. The Morgan fingerprint density at radius 3 is 3.09 bits per heavy atom. The van der Waals surface area contributed by atoms with Gasteiger partial charge in [0.25, 0.3) is 0 Å². The number of hydrogen-bond donors (Lipinski definition) is 0. The zero-order valence-electron chi connectivity index (χ0n) is 7.01. The highest BCUT2D eigenvalue weighted by Gasteiger charge is 2.06. The van der Waals surface area contributed by atoms with Crippen LogP contribution in [0.15, 0.2) is 11.6 Å². The molecule has 0 atom stereocenters. The average molecular weight is 150 g/mol. The molecule has 1 aliphatic rings. The lowest BCUT2D eigenvalue weighted by Crippen LogP contribution is -2.23. The van der Waals surface area contributed by atoms with Crippen LogP contribution in [-0.4, -0.2) is 25.0 Å². The SMILES string of the molecule is CN1CC=C(CCC#N)CC1. The summed E-state index contributed by atoms with van der Waals surface area (Å²) in [7, 11) is 2.12. The van der Waals surface area contributed by atoms with E-state index in [0.29, 0.717) is 6.42 Å². The van der Waals surface area contributed by atoms with Gasteiger partial charge < -0.3 is 4.90 Å². The van der Waals surface area contributed by atoms with Crippen LogP contribution in [0, 0.1) is 11.3 Å². The van der Waals surface area contributed by atoms with E-state index >= 15 is 0 Å². The van der Waals surface area contributed by atoms with E-state index in [-0.39, 0.29) is 0 Å². The van der Waals surface area contributed by atoms with E-state index in [1.54, 1.807) is 0 Å². The van der Waals surface area contributed by atoms with Crippen molar-refractivity contribution in [3.05, 3.63) is 11.6 Å². The van der Waals surface area contributed by atoms with Gasteiger partial charge in [0, 0.05) is 19.5 Å². The van der Waals surface area contributed by atoms with Crippen molar-refractivity contribution < 1.29 is 0 Å². The molecule has 0 aliphatic carbocycles. The summed E-state index contributed by atoms with van der Waals surface area (Å²) in [5, 5.41) is 8.36. The lowest BCUT2D eigenvalue weighted by Gasteiger charge is -2.21. The van der Waals surface area contributed by atoms with Crippen molar-refractivity contribution in [2.45, 2.75) is 19.3 Å². The number of nitriles is 1. The van der Waals surface area contributed by atoms with E-state index < -0.39 is 0 Å². The summed E-state index contributed by atoms with van der Waals surface area (Å²) >= 11 is 0. The number of likely N-dealkylation sites (N-methyl/N-ethyl adjacent to an activating group) is 1. The van der Waals surface area contributed by atoms with Gasteiger partial charge >= 0.3 is 0 Å².